The van der Waals surface area contributed by atoms with Crippen molar-refractivity contribution in [2.24, 2.45) is 0 Å². The Labute approximate surface area is 99.0 Å². The highest BCUT2D eigenvalue weighted by atomic mass is 16.4. The summed E-state index contributed by atoms with van der Waals surface area (Å²) in [6.45, 7) is 1.93. The van der Waals surface area contributed by atoms with Gasteiger partial charge in [0.15, 0.2) is 6.04 Å². The van der Waals surface area contributed by atoms with Crippen molar-refractivity contribution >= 4 is 12.0 Å². The van der Waals surface area contributed by atoms with Gasteiger partial charge < -0.3 is 15.3 Å². The van der Waals surface area contributed by atoms with Crippen LogP contribution in [0.3, 0.4) is 0 Å². The average Bonchev–Trinajstić information content (AvgIpc) is 2.56. The Kier molecular flexibility index (Phi) is 2.75. The number of amides is 2. The molecule has 1 aromatic rings. The lowest BCUT2D eigenvalue weighted by Gasteiger charge is -2.21. The second-order valence-electron chi connectivity index (χ2n) is 4.24. The molecule has 1 aliphatic rings. The molecule has 5 heteroatoms. The molecule has 17 heavy (non-hydrogen) atoms. The van der Waals surface area contributed by atoms with Gasteiger partial charge in [0, 0.05) is 7.05 Å². The van der Waals surface area contributed by atoms with Gasteiger partial charge >= 0.3 is 12.0 Å². The van der Waals surface area contributed by atoms with Gasteiger partial charge in [-0.1, -0.05) is 29.8 Å². The maximum absolute atomic E-state index is 11.5. The van der Waals surface area contributed by atoms with E-state index in [0.29, 0.717) is 0 Å². The first kappa shape index (κ1) is 11.4. The van der Waals surface area contributed by atoms with Crippen molar-refractivity contribution in [2.45, 2.75) is 19.0 Å². The maximum Gasteiger partial charge on any atom is 0.328 e. The topological polar surface area (TPSA) is 69.6 Å². The van der Waals surface area contributed by atoms with Crippen LogP contribution in [0.2, 0.25) is 0 Å². The molecule has 5 nitrogen and oxygen atoms in total. The first-order valence-electron chi connectivity index (χ1n) is 5.33. The first-order valence-corrected chi connectivity index (χ1v) is 5.33. The lowest BCUT2D eigenvalue weighted by atomic mass is 9.98. The molecule has 0 aromatic heterocycles. The molecule has 1 aromatic carbocycles. The first-order chi connectivity index (χ1) is 8.00. The number of carboxylic acid groups (broad SMARTS) is 1. The maximum atomic E-state index is 11.5. The molecule has 2 N–H and O–H groups in total. The van der Waals surface area contributed by atoms with E-state index in [-0.39, 0.29) is 6.03 Å². The third kappa shape index (κ3) is 1.95. The fraction of sp³-hybridized carbons (Fsp3) is 0.333. The van der Waals surface area contributed by atoms with Crippen molar-refractivity contribution < 1.29 is 14.7 Å². The molecule has 0 radical (unpaired) electrons. The number of nitrogens with zero attached hydrogens (tertiary/aromatic N) is 1. The van der Waals surface area contributed by atoms with Crippen molar-refractivity contribution in [3.05, 3.63) is 35.4 Å². The summed E-state index contributed by atoms with van der Waals surface area (Å²) in [5.41, 5.74) is 1.87. The second kappa shape index (κ2) is 4.08. The van der Waals surface area contributed by atoms with Crippen LogP contribution in [0.15, 0.2) is 24.3 Å². The molecule has 2 unspecified atom stereocenters. The van der Waals surface area contributed by atoms with Gasteiger partial charge in [-0.2, -0.15) is 0 Å². The number of carbonyl (C=O) groups is 2. The lowest BCUT2D eigenvalue weighted by molar-refractivity contribution is -0.139. The predicted octanol–water partition coefficient (Wildman–Crippen LogP) is 1.14. The molecule has 1 fully saturated rings. The Morgan fingerprint density at radius 3 is 2.76 bits per heavy atom. The van der Waals surface area contributed by atoms with Gasteiger partial charge in [-0.25, -0.2) is 9.59 Å². The van der Waals surface area contributed by atoms with Crippen LogP contribution in [0.1, 0.15) is 17.2 Å². The Balaban J connectivity index is 2.40. The Hall–Kier alpha value is -2.04. The Bertz CT molecular complexity index is 473. The van der Waals surface area contributed by atoms with E-state index >= 15 is 0 Å². The SMILES string of the molecule is Cc1cccc(C2C(C(=O)O)NC(=O)N2C)c1. The van der Waals surface area contributed by atoms with E-state index in [9.17, 15) is 9.59 Å². The standard InChI is InChI=1S/C12H14N2O3/c1-7-4-3-5-8(6-7)10-9(11(15)16)13-12(17)14(10)2/h3-6,9-10H,1-2H3,(H,13,17)(H,15,16). The van der Waals surface area contributed by atoms with E-state index in [2.05, 4.69) is 5.32 Å². The normalized spacial score (nSPS) is 23.6. The molecule has 0 saturated carbocycles. The van der Waals surface area contributed by atoms with E-state index in [1.807, 2.05) is 31.2 Å². The number of carboxylic acids is 1. The summed E-state index contributed by atoms with van der Waals surface area (Å²) < 4.78 is 0. The quantitative estimate of drug-likeness (QED) is 0.806. The van der Waals surface area contributed by atoms with Crippen LogP contribution in [0.25, 0.3) is 0 Å². The predicted molar refractivity (Wildman–Crippen MR) is 61.6 cm³/mol. The minimum atomic E-state index is -1.02. The monoisotopic (exact) mass is 234 g/mol. The summed E-state index contributed by atoms with van der Waals surface area (Å²) in [5.74, 6) is -1.02. The minimum Gasteiger partial charge on any atom is -0.480 e. The van der Waals surface area contributed by atoms with Crippen LogP contribution in [-0.4, -0.2) is 35.1 Å². The summed E-state index contributed by atoms with van der Waals surface area (Å²) in [4.78, 5) is 24.1. The third-order valence-electron chi connectivity index (χ3n) is 2.98. The summed E-state index contributed by atoms with van der Waals surface area (Å²) in [6.07, 6.45) is 0. The number of rotatable bonds is 2. The summed E-state index contributed by atoms with van der Waals surface area (Å²) in [5, 5.41) is 11.6. The number of nitrogens with one attached hydrogen (secondary N) is 1. The zero-order valence-electron chi connectivity index (χ0n) is 9.68. The van der Waals surface area contributed by atoms with Crippen molar-refractivity contribution in [3.8, 4) is 0 Å². The van der Waals surface area contributed by atoms with Gasteiger partial charge in [0.05, 0.1) is 6.04 Å². The number of benzene rings is 1. The van der Waals surface area contributed by atoms with E-state index in [0.717, 1.165) is 11.1 Å². The second-order valence-corrected chi connectivity index (χ2v) is 4.24. The Morgan fingerprint density at radius 1 is 1.47 bits per heavy atom. The fourth-order valence-electron chi connectivity index (χ4n) is 2.13. The molecule has 1 heterocycles. The van der Waals surface area contributed by atoms with Crippen LogP contribution in [0, 0.1) is 6.92 Å². The molecule has 2 atom stereocenters. The van der Waals surface area contributed by atoms with Crippen LogP contribution in [-0.2, 0) is 4.79 Å². The molecule has 1 aliphatic heterocycles. The van der Waals surface area contributed by atoms with Gasteiger partial charge in [0.1, 0.15) is 0 Å². The highest BCUT2D eigenvalue weighted by Crippen LogP contribution is 2.28. The molecule has 0 bridgehead atoms. The van der Waals surface area contributed by atoms with E-state index in [1.165, 1.54) is 4.90 Å². The van der Waals surface area contributed by atoms with Crippen molar-refractivity contribution in [2.75, 3.05) is 7.05 Å². The van der Waals surface area contributed by atoms with Crippen molar-refractivity contribution in [1.82, 2.24) is 10.2 Å². The van der Waals surface area contributed by atoms with E-state index in [4.69, 9.17) is 5.11 Å². The van der Waals surface area contributed by atoms with Gasteiger partial charge in [0.2, 0.25) is 0 Å². The fourth-order valence-corrected chi connectivity index (χ4v) is 2.13. The van der Waals surface area contributed by atoms with Gasteiger partial charge in [0.25, 0.3) is 0 Å². The summed E-state index contributed by atoms with van der Waals surface area (Å²) >= 11 is 0. The molecule has 90 valence electrons. The minimum absolute atomic E-state index is 0.357. The number of hydrogen-bond acceptors (Lipinski definition) is 2. The van der Waals surface area contributed by atoms with Crippen LogP contribution >= 0.6 is 0 Å². The van der Waals surface area contributed by atoms with Crippen molar-refractivity contribution in [1.29, 1.82) is 0 Å². The molecular weight excluding hydrogens is 220 g/mol. The highest BCUT2D eigenvalue weighted by molar-refractivity contribution is 5.87. The number of urea groups is 1. The summed E-state index contributed by atoms with van der Waals surface area (Å²) in [7, 11) is 1.60. The smallest absolute Gasteiger partial charge is 0.328 e. The molecule has 0 aliphatic carbocycles. The van der Waals surface area contributed by atoms with Crippen LogP contribution in [0.5, 0.6) is 0 Å². The van der Waals surface area contributed by atoms with Crippen molar-refractivity contribution in [3.63, 3.8) is 0 Å². The largest absolute Gasteiger partial charge is 0.480 e. The molecule has 1 saturated heterocycles. The third-order valence-corrected chi connectivity index (χ3v) is 2.98. The van der Waals surface area contributed by atoms with E-state index < -0.39 is 18.1 Å². The lowest BCUT2D eigenvalue weighted by Crippen LogP contribution is -2.35. The number of hydrogen-bond donors (Lipinski definition) is 2. The molecule has 2 rings (SSSR count). The zero-order chi connectivity index (χ0) is 12.6. The van der Waals surface area contributed by atoms with E-state index in [1.54, 1.807) is 7.05 Å². The molecule has 2 amide bonds. The van der Waals surface area contributed by atoms with Crippen LogP contribution < -0.4 is 5.32 Å². The zero-order valence-corrected chi connectivity index (χ0v) is 9.68. The number of carbonyl (C=O) groups excluding carboxylic acids is 1. The van der Waals surface area contributed by atoms with Crippen LogP contribution in [0.4, 0.5) is 4.79 Å². The number of aryl methyl sites for hydroxylation is 1. The molecule has 0 spiro atoms. The van der Waals surface area contributed by atoms with Gasteiger partial charge in [-0.05, 0) is 12.5 Å². The Morgan fingerprint density at radius 2 is 2.18 bits per heavy atom. The van der Waals surface area contributed by atoms with Gasteiger partial charge in [-0.3, -0.25) is 0 Å². The number of aliphatic carboxylic acids is 1. The number of likely N-dealkylation sites (N-methyl/N-ethyl adjacent to an activating group) is 1. The average molecular weight is 234 g/mol. The molecular formula is C12H14N2O3. The summed E-state index contributed by atoms with van der Waals surface area (Å²) in [6, 6.07) is 5.82. The van der Waals surface area contributed by atoms with Gasteiger partial charge in [-0.15, -0.1) is 0 Å². The highest BCUT2D eigenvalue weighted by Gasteiger charge is 2.42.